The summed E-state index contributed by atoms with van der Waals surface area (Å²) in [4.78, 5) is 36.9. The number of methoxy groups -OCH3 is 2. The number of esters is 2. The Hall–Kier alpha value is -2.68. The second-order valence-corrected chi connectivity index (χ2v) is 6.55. The van der Waals surface area contributed by atoms with Crippen LogP contribution in [-0.2, 0) is 19.1 Å². The van der Waals surface area contributed by atoms with E-state index < -0.39 is 17.8 Å². The summed E-state index contributed by atoms with van der Waals surface area (Å²) in [6.07, 6.45) is 0. The van der Waals surface area contributed by atoms with Crippen LogP contribution in [0.5, 0.6) is 0 Å². The number of benzene rings is 1. The van der Waals surface area contributed by atoms with Gasteiger partial charge in [-0.3, -0.25) is 14.4 Å². The molecule has 1 amide bonds. The summed E-state index contributed by atoms with van der Waals surface area (Å²) in [7, 11) is 2.43. The van der Waals surface area contributed by atoms with Crippen LogP contribution in [-0.4, -0.2) is 59.8 Å². The standard InChI is InChI=1S/C18H20BrN3O5/c1-11-17(19)12(2)22(20-11)14-7-5-13(6-8-14)18(25)21(9-15(23)26-3)10-16(24)27-4/h5-8H,9-10H2,1-4H3. The highest BCUT2D eigenvalue weighted by molar-refractivity contribution is 9.10. The Kier molecular flexibility index (Phi) is 6.73. The van der Waals surface area contributed by atoms with Gasteiger partial charge in [-0.15, -0.1) is 0 Å². The lowest BCUT2D eigenvalue weighted by Gasteiger charge is -2.20. The molecule has 9 heteroatoms. The van der Waals surface area contributed by atoms with Gasteiger partial charge in [0.25, 0.3) is 5.91 Å². The van der Waals surface area contributed by atoms with E-state index in [2.05, 4.69) is 30.5 Å². The Labute approximate surface area is 165 Å². The van der Waals surface area contributed by atoms with Gasteiger partial charge in [-0.2, -0.15) is 5.10 Å². The summed E-state index contributed by atoms with van der Waals surface area (Å²) in [5, 5.41) is 4.44. The average molecular weight is 438 g/mol. The molecule has 1 heterocycles. The van der Waals surface area contributed by atoms with Crippen LogP contribution in [0.4, 0.5) is 0 Å². The van der Waals surface area contributed by atoms with Gasteiger partial charge < -0.3 is 14.4 Å². The van der Waals surface area contributed by atoms with Crippen LogP contribution in [0, 0.1) is 13.8 Å². The fraction of sp³-hybridized carbons (Fsp3) is 0.333. The number of nitrogens with zero attached hydrogens (tertiary/aromatic N) is 3. The molecule has 0 atom stereocenters. The van der Waals surface area contributed by atoms with Crippen molar-refractivity contribution in [3.63, 3.8) is 0 Å². The zero-order chi connectivity index (χ0) is 20.1. The minimum atomic E-state index is -0.628. The van der Waals surface area contributed by atoms with Crippen molar-refractivity contribution in [3.8, 4) is 5.69 Å². The number of amides is 1. The van der Waals surface area contributed by atoms with Gasteiger partial charge >= 0.3 is 11.9 Å². The van der Waals surface area contributed by atoms with Crippen molar-refractivity contribution in [3.05, 3.63) is 45.7 Å². The molecule has 0 fully saturated rings. The van der Waals surface area contributed by atoms with Gasteiger partial charge in [0.1, 0.15) is 13.1 Å². The quantitative estimate of drug-likeness (QED) is 0.642. The first-order chi connectivity index (χ1) is 12.8. The first-order valence-electron chi connectivity index (χ1n) is 8.03. The smallest absolute Gasteiger partial charge is 0.325 e. The minimum absolute atomic E-state index is 0.326. The average Bonchev–Trinajstić information content (AvgIpc) is 2.94. The van der Waals surface area contributed by atoms with Gasteiger partial charge in [0.15, 0.2) is 0 Å². The molecule has 0 aliphatic carbocycles. The molecule has 2 aromatic rings. The lowest BCUT2D eigenvalue weighted by Crippen LogP contribution is -2.40. The monoisotopic (exact) mass is 437 g/mol. The molecule has 144 valence electrons. The summed E-state index contributed by atoms with van der Waals surface area (Å²) in [6.45, 7) is 3.12. The third kappa shape index (κ3) is 4.73. The Morgan fingerprint density at radius 2 is 1.56 bits per heavy atom. The highest BCUT2D eigenvalue weighted by Crippen LogP contribution is 2.23. The highest BCUT2D eigenvalue weighted by atomic mass is 79.9. The minimum Gasteiger partial charge on any atom is -0.468 e. The van der Waals surface area contributed by atoms with Crippen molar-refractivity contribution in [2.24, 2.45) is 0 Å². The number of carbonyl (C=O) groups is 3. The van der Waals surface area contributed by atoms with E-state index in [1.165, 1.54) is 14.2 Å². The predicted molar refractivity (Wildman–Crippen MR) is 101 cm³/mol. The lowest BCUT2D eigenvalue weighted by atomic mass is 10.1. The van der Waals surface area contributed by atoms with E-state index in [0.29, 0.717) is 5.56 Å². The van der Waals surface area contributed by atoms with Crippen LogP contribution in [0.3, 0.4) is 0 Å². The molecule has 0 unspecified atom stereocenters. The van der Waals surface area contributed by atoms with Gasteiger partial charge in [-0.05, 0) is 54.0 Å². The Balaban J connectivity index is 2.26. The van der Waals surface area contributed by atoms with Crippen molar-refractivity contribution in [2.75, 3.05) is 27.3 Å². The first-order valence-corrected chi connectivity index (χ1v) is 8.82. The SMILES string of the molecule is COC(=O)CN(CC(=O)OC)C(=O)c1ccc(-n2nc(C)c(Br)c2C)cc1. The van der Waals surface area contributed by atoms with Crippen molar-refractivity contribution < 1.29 is 23.9 Å². The summed E-state index contributed by atoms with van der Waals surface area (Å²) in [5.74, 6) is -1.74. The number of carbonyl (C=O) groups excluding carboxylic acids is 3. The third-order valence-electron chi connectivity index (χ3n) is 3.94. The van der Waals surface area contributed by atoms with E-state index in [9.17, 15) is 14.4 Å². The molecule has 0 radical (unpaired) electrons. The van der Waals surface area contributed by atoms with Crippen molar-refractivity contribution in [2.45, 2.75) is 13.8 Å². The molecule has 0 saturated carbocycles. The van der Waals surface area contributed by atoms with Crippen molar-refractivity contribution >= 4 is 33.8 Å². The zero-order valence-corrected chi connectivity index (χ0v) is 17.1. The molecule has 0 aliphatic heterocycles. The molecule has 1 aromatic heterocycles. The number of aryl methyl sites for hydroxylation is 1. The van der Waals surface area contributed by atoms with E-state index in [0.717, 1.165) is 26.4 Å². The van der Waals surface area contributed by atoms with E-state index in [4.69, 9.17) is 0 Å². The number of ether oxygens (including phenoxy) is 2. The van der Waals surface area contributed by atoms with Gasteiger partial charge in [-0.1, -0.05) is 0 Å². The predicted octanol–water partition coefficient (Wildman–Crippen LogP) is 2.04. The summed E-state index contributed by atoms with van der Waals surface area (Å²) < 4.78 is 11.8. The Morgan fingerprint density at radius 1 is 1.04 bits per heavy atom. The molecular weight excluding hydrogens is 418 g/mol. The van der Waals surface area contributed by atoms with Gasteiger partial charge in [0.2, 0.25) is 0 Å². The maximum atomic E-state index is 12.7. The maximum Gasteiger partial charge on any atom is 0.325 e. The first kappa shape index (κ1) is 20.6. The molecular formula is C18H20BrN3O5. The number of hydrogen-bond acceptors (Lipinski definition) is 6. The molecule has 0 saturated heterocycles. The number of aromatic nitrogens is 2. The van der Waals surface area contributed by atoms with Crippen LogP contribution in [0.2, 0.25) is 0 Å². The van der Waals surface area contributed by atoms with Crippen molar-refractivity contribution in [1.82, 2.24) is 14.7 Å². The molecule has 0 bridgehead atoms. The van der Waals surface area contributed by atoms with E-state index >= 15 is 0 Å². The molecule has 27 heavy (non-hydrogen) atoms. The van der Waals surface area contributed by atoms with Crippen LogP contribution >= 0.6 is 15.9 Å². The fourth-order valence-electron chi connectivity index (χ4n) is 2.44. The van der Waals surface area contributed by atoms with Crippen LogP contribution in [0.15, 0.2) is 28.7 Å². The summed E-state index contributed by atoms with van der Waals surface area (Å²) in [5.41, 5.74) is 2.90. The maximum absolute atomic E-state index is 12.7. The lowest BCUT2D eigenvalue weighted by molar-refractivity contribution is -0.144. The van der Waals surface area contributed by atoms with Crippen molar-refractivity contribution in [1.29, 1.82) is 0 Å². The highest BCUT2D eigenvalue weighted by Gasteiger charge is 2.22. The number of rotatable bonds is 6. The topological polar surface area (TPSA) is 90.7 Å². The number of hydrogen-bond donors (Lipinski definition) is 0. The molecule has 0 spiro atoms. The Bertz CT molecular complexity index is 843. The van der Waals surface area contributed by atoms with Crippen LogP contribution in [0.1, 0.15) is 21.7 Å². The van der Waals surface area contributed by atoms with E-state index in [1.54, 1.807) is 28.9 Å². The largest absolute Gasteiger partial charge is 0.468 e. The number of halogens is 1. The molecule has 8 nitrogen and oxygen atoms in total. The third-order valence-corrected chi connectivity index (χ3v) is 5.09. The molecule has 1 aromatic carbocycles. The molecule has 2 rings (SSSR count). The van der Waals surface area contributed by atoms with E-state index in [1.807, 2.05) is 13.8 Å². The zero-order valence-electron chi connectivity index (χ0n) is 15.5. The van der Waals surface area contributed by atoms with Gasteiger partial charge in [-0.25, -0.2) is 4.68 Å². The Morgan fingerprint density at radius 3 is 1.96 bits per heavy atom. The van der Waals surface area contributed by atoms with E-state index in [-0.39, 0.29) is 13.1 Å². The van der Waals surface area contributed by atoms with Gasteiger partial charge in [0.05, 0.1) is 35.8 Å². The summed E-state index contributed by atoms with van der Waals surface area (Å²) >= 11 is 3.48. The van der Waals surface area contributed by atoms with Crippen LogP contribution in [0.25, 0.3) is 5.69 Å². The second kappa shape index (κ2) is 8.81. The van der Waals surface area contributed by atoms with Gasteiger partial charge in [0, 0.05) is 5.56 Å². The van der Waals surface area contributed by atoms with Crippen LogP contribution < -0.4 is 0 Å². The molecule has 0 aliphatic rings. The molecule has 0 N–H and O–H groups in total. The normalized spacial score (nSPS) is 10.4. The summed E-state index contributed by atoms with van der Waals surface area (Å²) in [6, 6.07) is 6.72. The second-order valence-electron chi connectivity index (χ2n) is 5.76. The fourth-order valence-corrected chi connectivity index (χ4v) is 2.69.